The molecule has 0 spiro atoms. The monoisotopic (exact) mass is 209 g/mol. The lowest BCUT2D eigenvalue weighted by atomic mass is 10.2. The minimum Gasteiger partial charge on any atom is -0.313 e. The van der Waals surface area contributed by atoms with Gasteiger partial charge in [0.25, 0.3) is 0 Å². The maximum Gasteiger partial charge on any atom is 0.0534 e. The fraction of sp³-hybridized carbons (Fsp3) is 0.750. The number of aromatic nitrogens is 2. The lowest BCUT2D eigenvalue weighted by Crippen LogP contribution is -2.13. The highest BCUT2D eigenvalue weighted by atomic mass is 15.3. The summed E-state index contributed by atoms with van der Waals surface area (Å²) in [6, 6.07) is 0. The molecular formula is C12H23N3. The molecule has 0 aliphatic carbocycles. The van der Waals surface area contributed by atoms with E-state index in [0.29, 0.717) is 0 Å². The van der Waals surface area contributed by atoms with Gasteiger partial charge in [-0.1, -0.05) is 26.7 Å². The summed E-state index contributed by atoms with van der Waals surface area (Å²) in [4.78, 5) is 0. The molecular weight excluding hydrogens is 186 g/mol. The van der Waals surface area contributed by atoms with E-state index < -0.39 is 0 Å². The Hall–Kier alpha value is -0.830. The van der Waals surface area contributed by atoms with Gasteiger partial charge in [0.1, 0.15) is 0 Å². The van der Waals surface area contributed by atoms with E-state index >= 15 is 0 Å². The van der Waals surface area contributed by atoms with Crippen molar-refractivity contribution < 1.29 is 0 Å². The van der Waals surface area contributed by atoms with E-state index in [1.165, 1.54) is 31.2 Å². The van der Waals surface area contributed by atoms with Crippen molar-refractivity contribution in [1.29, 1.82) is 0 Å². The molecule has 1 aromatic rings. The second kappa shape index (κ2) is 7.46. The van der Waals surface area contributed by atoms with Gasteiger partial charge in [0, 0.05) is 24.8 Å². The first-order valence-corrected chi connectivity index (χ1v) is 6.08. The SMILES string of the molecule is CCCCCn1cc(CNCCC)cn1. The molecule has 0 amide bonds. The summed E-state index contributed by atoms with van der Waals surface area (Å²) in [6.07, 6.45) is 9.10. The van der Waals surface area contributed by atoms with Crippen LogP contribution in [-0.2, 0) is 13.1 Å². The number of unbranched alkanes of at least 4 members (excludes halogenated alkanes) is 2. The Balaban J connectivity index is 2.23. The van der Waals surface area contributed by atoms with E-state index in [2.05, 4.69) is 35.1 Å². The molecule has 3 nitrogen and oxygen atoms in total. The highest BCUT2D eigenvalue weighted by Gasteiger charge is 1.97. The van der Waals surface area contributed by atoms with E-state index in [-0.39, 0.29) is 0 Å². The third-order valence-electron chi connectivity index (χ3n) is 2.43. The van der Waals surface area contributed by atoms with Crippen LogP contribution in [0, 0.1) is 0 Å². The molecule has 15 heavy (non-hydrogen) atoms. The normalized spacial score (nSPS) is 10.8. The van der Waals surface area contributed by atoms with Crippen molar-refractivity contribution in [2.75, 3.05) is 6.54 Å². The molecule has 0 saturated heterocycles. The molecule has 0 unspecified atom stereocenters. The van der Waals surface area contributed by atoms with E-state index in [9.17, 15) is 0 Å². The molecule has 1 aromatic heterocycles. The van der Waals surface area contributed by atoms with Gasteiger partial charge in [0.05, 0.1) is 6.20 Å². The number of aryl methyl sites for hydroxylation is 1. The third-order valence-corrected chi connectivity index (χ3v) is 2.43. The predicted molar refractivity (Wildman–Crippen MR) is 63.7 cm³/mol. The zero-order valence-electron chi connectivity index (χ0n) is 10.00. The summed E-state index contributed by atoms with van der Waals surface area (Å²) >= 11 is 0. The number of nitrogens with zero attached hydrogens (tertiary/aromatic N) is 2. The maximum absolute atomic E-state index is 4.34. The van der Waals surface area contributed by atoms with Crippen molar-refractivity contribution in [3.63, 3.8) is 0 Å². The van der Waals surface area contributed by atoms with E-state index in [0.717, 1.165) is 19.6 Å². The van der Waals surface area contributed by atoms with E-state index in [4.69, 9.17) is 0 Å². The number of nitrogens with one attached hydrogen (secondary N) is 1. The average molecular weight is 209 g/mol. The average Bonchev–Trinajstić information content (AvgIpc) is 2.67. The smallest absolute Gasteiger partial charge is 0.0534 e. The van der Waals surface area contributed by atoms with Gasteiger partial charge in [-0.3, -0.25) is 4.68 Å². The van der Waals surface area contributed by atoms with Gasteiger partial charge in [-0.2, -0.15) is 5.10 Å². The molecule has 3 heteroatoms. The zero-order chi connectivity index (χ0) is 10.9. The van der Waals surface area contributed by atoms with Gasteiger partial charge in [0.15, 0.2) is 0 Å². The van der Waals surface area contributed by atoms with Crippen LogP contribution in [0.25, 0.3) is 0 Å². The molecule has 0 fully saturated rings. The number of hydrogen-bond acceptors (Lipinski definition) is 2. The van der Waals surface area contributed by atoms with Gasteiger partial charge in [-0.25, -0.2) is 0 Å². The fourth-order valence-corrected chi connectivity index (χ4v) is 1.55. The maximum atomic E-state index is 4.34. The van der Waals surface area contributed by atoms with Crippen LogP contribution in [0.15, 0.2) is 12.4 Å². The van der Waals surface area contributed by atoms with Gasteiger partial charge >= 0.3 is 0 Å². The molecule has 1 N–H and O–H groups in total. The Morgan fingerprint density at radius 3 is 2.87 bits per heavy atom. The van der Waals surface area contributed by atoms with Crippen molar-refractivity contribution in [2.45, 2.75) is 52.6 Å². The summed E-state index contributed by atoms with van der Waals surface area (Å²) in [5.41, 5.74) is 1.29. The molecule has 0 aliphatic heterocycles. The Bertz CT molecular complexity index is 231. The van der Waals surface area contributed by atoms with Crippen LogP contribution in [0.1, 0.15) is 45.1 Å². The van der Waals surface area contributed by atoms with E-state index in [1.54, 1.807) is 0 Å². The van der Waals surface area contributed by atoms with Crippen LogP contribution in [0.2, 0.25) is 0 Å². The molecule has 0 atom stereocenters. The molecule has 0 saturated carbocycles. The molecule has 86 valence electrons. The van der Waals surface area contributed by atoms with Crippen molar-refractivity contribution in [3.05, 3.63) is 18.0 Å². The highest BCUT2D eigenvalue weighted by Crippen LogP contribution is 2.01. The van der Waals surface area contributed by atoms with Gasteiger partial charge in [-0.15, -0.1) is 0 Å². The predicted octanol–water partition coefficient (Wildman–Crippen LogP) is 2.57. The third kappa shape index (κ3) is 4.98. The van der Waals surface area contributed by atoms with Gasteiger partial charge in [-0.05, 0) is 19.4 Å². The van der Waals surface area contributed by atoms with E-state index in [1.807, 2.05) is 6.20 Å². The molecule has 0 bridgehead atoms. The first-order chi connectivity index (χ1) is 7.36. The fourth-order valence-electron chi connectivity index (χ4n) is 1.55. The molecule has 0 radical (unpaired) electrons. The first-order valence-electron chi connectivity index (χ1n) is 6.08. The Kier molecular flexibility index (Phi) is 6.09. The van der Waals surface area contributed by atoms with Crippen molar-refractivity contribution in [3.8, 4) is 0 Å². The van der Waals surface area contributed by atoms with Gasteiger partial charge in [0.2, 0.25) is 0 Å². The minimum absolute atomic E-state index is 0.946. The minimum atomic E-state index is 0.946. The van der Waals surface area contributed by atoms with Crippen molar-refractivity contribution >= 4 is 0 Å². The second-order valence-electron chi connectivity index (χ2n) is 4.00. The molecule has 0 aliphatic rings. The summed E-state index contributed by atoms with van der Waals surface area (Å²) in [5.74, 6) is 0. The summed E-state index contributed by atoms with van der Waals surface area (Å²) in [5, 5.41) is 7.72. The Morgan fingerprint density at radius 2 is 2.13 bits per heavy atom. The molecule has 1 heterocycles. The largest absolute Gasteiger partial charge is 0.313 e. The second-order valence-corrected chi connectivity index (χ2v) is 4.00. The van der Waals surface area contributed by atoms with Crippen LogP contribution in [0.4, 0.5) is 0 Å². The van der Waals surface area contributed by atoms with Crippen LogP contribution >= 0.6 is 0 Å². The lowest BCUT2D eigenvalue weighted by Gasteiger charge is -2.00. The molecule has 0 aromatic carbocycles. The summed E-state index contributed by atoms with van der Waals surface area (Å²) in [7, 11) is 0. The van der Waals surface area contributed by atoms with Gasteiger partial charge < -0.3 is 5.32 Å². The Labute approximate surface area is 92.9 Å². The Morgan fingerprint density at radius 1 is 1.27 bits per heavy atom. The highest BCUT2D eigenvalue weighted by molar-refractivity contribution is 5.03. The zero-order valence-corrected chi connectivity index (χ0v) is 10.00. The van der Waals surface area contributed by atoms with Crippen LogP contribution < -0.4 is 5.32 Å². The topological polar surface area (TPSA) is 29.9 Å². The summed E-state index contributed by atoms with van der Waals surface area (Å²) < 4.78 is 2.05. The van der Waals surface area contributed by atoms with Crippen LogP contribution in [0.5, 0.6) is 0 Å². The quantitative estimate of drug-likeness (QED) is 0.667. The number of rotatable bonds is 8. The first kappa shape index (κ1) is 12.2. The standard InChI is InChI=1S/C12H23N3/c1-3-5-6-8-15-11-12(10-14-15)9-13-7-4-2/h10-11,13H,3-9H2,1-2H3. The van der Waals surface area contributed by atoms with Crippen LogP contribution in [-0.4, -0.2) is 16.3 Å². The van der Waals surface area contributed by atoms with Crippen molar-refractivity contribution in [1.82, 2.24) is 15.1 Å². The van der Waals surface area contributed by atoms with Crippen LogP contribution in [0.3, 0.4) is 0 Å². The molecule has 1 rings (SSSR count). The van der Waals surface area contributed by atoms with Crippen molar-refractivity contribution in [2.24, 2.45) is 0 Å². The summed E-state index contributed by atoms with van der Waals surface area (Å²) in [6.45, 7) is 7.49. The number of hydrogen-bond donors (Lipinski definition) is 1. The lowest BCUT2D eigenvalue weighted by molar-refractivity contribution is 0.552.